The van der Waals surface area contributed by atoms with E-state index in [0.717, 1.165) is 0 Å². The minimum atomic E-state index is -0.917. The summed E-state index contributed by atoms with van der Waals surface area (Å²) in [7, 11) is 0. The van der Waals surface area contributed by atoms with Crippen molar-refractivity contribution < 1.29 is 13.2 Å². The van der Waals surface area contributed by atoms with Crippen molar-refractivity contribution in [1.82, 2.24) is 4.98 Å². The molecule has 0 saturated carbocycles. The van der Waals surface area contributed by atoms with Gasteiger partial charge in [-0.2, -0.15) is 0 Å². The SMILES string of the molecule is FCc1cc(CF)c(Cl)c(CF)n1. The Kier molecular flexibility index (Phi) is 3.54. The van der Waals surface area contributed by atoms with Gasteiger partial charge in [0.15, 0.2) is 0 Å². The molecule has 5 heteroatoms. The molecule has 0 amide bonds. The lowest BCUT2D eigenvalue weighted by Crippen LogP contribution is -1.97. The Morgan fingerprint density at radius 3 is 2.31 bits per heavy atom. The molecule has 0 spiro atoms. The van der Waals surface area contributed by atoms with Gasteiger partial charge in [-0.3, -0.25) is 4.98 Å². The number of hydrogen-bond acceptors (Lipinski definition) is 1. The first-order valence-corrected chi connectivity index (χ1v) is 3.95. The number of nitrogens with zero attached hydrogens (tertiary/aromatic N) is 1. The summed E-state index contributed by atoms with van der Waals surface area (Å²) in [6.45, 7) is -2.61. The largest absolute Gasteiger partial charge is 0.251 e. The summed E-state index contributed by atoms with van der Waals surface area (Å²) in [4.78, 5) is 3.57. The summed E-state index contributed by atoms with van der Waals surface area (Å²) in [6, 6.07) is 1.20. The molecule has 0 fully saturated rings. The third kappa shape index (κ3) is 2.12. The number of hydrogen-bond donors (Lipinski definition) is 0. The fourth-order valence-corrected chi connectivity index (χ4v) is 1.16. The van der Waals surface area contributed by atoms with E-state index in [2.05, 4.69) is 4.98 Å². The zero-order chi connectivity index (χ0) is 9.84. The standard InChI is InChI=1S/C8H7ClF3N/c9-8-5(2-10)1-6(3-11)13-7(8)4-12/h1H,2-4H2. The summed E-state index contributed by atoms with van der Waals surface area (Å²) in [5, 5.41) is -0.0535. The molecule has 13 heavy (non-hydrogen) atoms. The van der Waals surface area contributed by atoms with E-state index < -0.39 is 20.0 Å². The second-order valence-corrected chi connectivity index (χ2v) is 2.81. The van der Waals surface area contributed by atoms with Crippen LogP contribution in [-0.2, 0) is 20.0 Å². The molecule has 0 aliphatic heterocycles. The predicted octanol–water partition coefficient (Wildman–Crippen LogP) is 3.14. The summed E-state index contributed by atoms with van der Waals surface area (Å²) in [5.74, 6) is 0. The fraction of sp³-hybridized carbons (Fsp3) is 0.375. The molecule has 72 valence electrons. The summed E-state index contributed by atoms with van der Waals surface area (Å²) in [5.41, 5.74) is -0.0221. The first-order valence-electron chi connectivity index (χ1n) is 3.58. The second-order valence-electron chi connectivity index (χ2n) is 2.43. The third-order valence-corrected chi connectivity index (χ3v) is 2.02. The minimum Gasteiger partial charge on any atom is -0.251 e. The fourth-order valence-electron chi connectivity index (χ4n) is 0.959. The Labute approximate surface area is 78.5 Å². The van der Waals surface area contributed by atoms with E-state index in [0.29, 0.717) is 0 Å². The molecule has 0 atom stereocenters. The van der Waals surface area contributed by atoms with Crippen LogP contribution in [0.15, 0.2) is 6.07 Å². The van der Waals surface area contributed by atoms with Crippen LogP contribution in [0.25, 0.3) is 0 Å². The van der Waals surface area contributed by atoms with Gasteiger partial charge in [0.1, 0.15) is 20.0 Å². The molecule has 0 bridgehead atoms. The Balaban J connectivity index is 3.20. The van der Waals surface area contributed by atoms with E-state index >= 15 is 0 Å². The van der Waals surface area contributed by atoms with Gasteiger partial charge >= 0.3 is 0 Å². The van der Waals surface area contributed by atoms with Crippen molar-refractivity contribution in [3.8, 4) is 0 Å². The molecule has 1 rings (SSSR count). The minimum absolute atomic E-state index is 0.00435. The van der Waals surface area contributed by atoms with E-state index in [1.165, 1.54) is 6.07 Å². The Hall–Kier alpha value is -0.770. The Morgan fingerprint density at radius 2 is 1.85 bits per heavy atom. The number of rotatable bonds is 3. The lowest BCUT2D eigenvalue weighted by molar-refractivity contribution is 0.450. The topological polar surface area (TPSA) is 12.9 Å². The van der Waals surface area contributed by atoms with Crippen molar-refractivity contribution in [3.05, 3.63) is 28.0 Å². The first kappa shape index (κ1) is 10.3. The van der Waals surface area contributed by atoms with E-state index in [-0.39, 0.29) is 22.0 Å². The molecule has 0 radical (unpaired) electrons. The maximum absolute atomic E-state index is 12.3. The van der Waals surface area contributed by atoms with Gasteiger partial charge in [-0.05, 0) is 6.07 Å². The van der Waals surface area contributed by atoms with Crippen LogP contribution in [0.3, 0.4) is 0 Å². The highest BCUT2D eigenvalue weighted by molar-refractivity contribution is 6.32. The van der Waals surface area contributed by atoms with Crippen LogP contribution in [0.1, 0.15) is 17.0 Å². The Morgan fingerprint density at radius 1 is 1.15 bits per heavy atom. The maximum Gasteiger partial charge on any atom is 0.133 e. The van der Waals surface area contributed by atoms with Crippen LogP contribution < -0.4 is 0 Å². The van der Waals surface area contributed by atoms with Gasteiger partial charge in [0, 0.05) is 5.56 Å². The maximum atomic E-state index is 12.3. The lowest BCUT2D eigenvalue weighted by atomic mass is 10.2. The van der Waals surface area contributed by atoms with E-state index in [1.54, 1.807) is 0 Å². The van der Waals surface area contributed by atoms with Gasteiger partial charge in [0.2, 0.25) is 0 Å². The van der Waals surface area contributed by atoms with E-state index in [4.69, 9.17) is 11.6 Å². The van der Waals surface area contributed by atoms with Crippen LogP contribution in [-0.4, -0.2) is 4.98 Å². The van der Waals surface area contributed by atoms with Crippen molar-refractivity contribution in [2.75, 3.05) is 0 Å². The van der Waals surface area contributed by atoms with Gasteiger partial charge in [0.05, 0.1) is 16.4 Å². The monoisotopic (exact) mass is 209 g/mol. The molecular weight excluding hydrogens is 203 g/mol. The molecule has 0 aliphatic rings. The number of pyridine rings is 1. The highest BCUT2D eigenvalue weighted by atomic mass is 35.5. The first-order chi connectivity index (χ1) is 6.22. The Bertz CT molecular complexity index is 278. The van der Waals surface area contributed by atoms with Crippen LogP contribution in [0.5, 0.6) is 0 Å². The molecule has 0 unspecified atom stereocenters. The normalized spacial score (nSPS) is 10.5. The molecule has 1 heterocycles. The van der Waals surface area contributed by atoms with Crippen LogP contribution in [0.2, 0.25) is 5.02 Å². The number of alkyl halides is 3. The van der Waals surface area contributed by atoms with Crippen molar-refractivity contribution in [2.45, 2.75) is 20.0 Å². The highest BCUT2D eigenvalue weighted by Gasteiger charge is 2.10. The summed E-state index contributed by atoms with van der Waals surface area (Å²) < 4.78 is 36.6. The molecule has 0 aliphatic carbocycles. The molecule has 1 nitrogen and oxygen atoms in total. The van der Waals surface area contributed by atoms with E-state index in [9.17, 15) is 13.2 Å². The van der Waals surface area contributed by atoms with Gasteiger partial charge in [-0.1, -0.05) is 11.6 Å². The summed E-state index contributed by atoms with van der Waals surface area (Å²) >= 11 is 5.57. The zero-order valence-corrected chi connectivity index (χ0v) is 7.41. The molecule has 0 N–H and O–H groups in total. The average Bonchev–Trinajstić information content (AvgIpc) is 2.18. The van der Waals surface area contributed by atoms with E-state index in [1.807, 2.05) is 0 Å². The zero-order valence-electron chi connectivity index (χ0n) is 6.66. The lowest BCUT2D eigenvalue weighted by Gasteiger charge is -2.05. The highest BCUT2D eigenvalue weighted by Crippen LogP contribution is 2.22. The van der Waals surface area contributed by atoms with Crippen LogP contribution in [0, 0.1) is 0 Å². The van der Waals surface area contributed by atoms with Crippen molar-refractivity contribution >= 4 is 11.6 Å². The molecule has 1 aromatic heterocycles. The van der Waals surface area contributed by atoms with Gasteiger partial charge in [-0.25, -0.2) is 13.2 Å². The second kappa shape index (κ2) is 4.46. The van der Waals surface area contributed by atoms with Gasteiger partial charge in [0.25, 0.3) is 0 Å². The molecular formula is C8H7ClF3N. The number of halogens is 4. The average molecular weight is 210 g/mol. The molecule has 1 aromatic rings. The predicted molar refractivity (Wildman–Crippen MR) is 43.7 cm³/mol. The molecule has 0 aromatic carbocycles. The van der Waals surface area contributed by atoms with Crippen molar-refractivity contribution in [3.63, 3.8) is 0 Å². The smallest absolute Gasteiger partial charge is 0.133 e. The quantitative estimate of drug-likeness (QED) is 0.745. The molecule has 0 saturated heterocycles. The van der Waals surface area contributed by atoms with Crippen molar-refractivity contribution in [2.24, 2.45) is 0 Å². The van der Waals surface area contributed by atoms with Crippen LogP contribution >= 0.6 is 11.6 Å². The van der Waals surface area contributed by atoms with Gasteiger partial charge in [-0.15, -0.1) is 0 Å². The van der Waals surface area contributed by atoms with Crippen molar-refractivity contribution in [1.29, 1.82) is 0 Å². The summed E-state index contributed by atoms with van der Waals surface area (Å²) in [6.07, 6.45) is 0. The third-order valence-electron chi connectivity index (χ3n) is 1.56. The number of aromatic nitrogens is 1. The van der Waals surface area contributed by atoms with Gasteiger partial charge < -0.3 is 0 Å². The van der Waals surface area contributed by atoms with Crippen LogP contribution in [0.4, 0.5) is 13.2 Å².